The van der Waals surface area contributed by atoms with Gasteiger partial charge in [-0.2, -0.15) is 0 Å². The minimum Gasteiger partial charge on any atom is -0.487 e. The van der Waals surface area contributed by atoms with Gasteiger partial charge >= 0.3 is 0 Å². The van der Waals surface area contributed by atoms with Gasteiger partial charge in [0, 0.05) is 26.1 Å². The van der Waals surface area contributed by atoms with E-state index in [4.69, 9.17) is 4.74 Å². The first-order valence-electron chi connectivity index (χ1n) is 7.86. The summed E-state index contributed by atoms with van der Waals surface area (Å²) in [7, 11) is 0. The fourth-order valence-electron chi connectivity index (χ4n) is 3.25. The lowest BCUT2D eigenvalue weighted by molar-refractivity contribution is 0.138. The zero-order valence-corrected chi connectivity index (χ0v) is 12.7. The smallest absolute Gasteiger partial charge is 0.123 e. The summed E-state index contributed by atoms with van der Waals surface area (Å²) in [5.74, 6) is 1.07. The molecule has 0 spiro atoms. The first-order valence-corrected chi connectivity index (χ1v) is 7.86. The van der Waals surface area contributed by atoms with Crippen LogP contribution in [0.2, 0.25) is 0 Å². The van der Waals surface area contributed by atoms with Gasteiger partial charge in [-0.25, -0.2) is 0 Å². The maximum Gasteiger partial charge on any atom is 0.123 e. The van der Waals surface area contributed by atoms with E-state index in [0.717, 1.165) is 25.3 Å². The Bertz CT molecular complexity index is 464. The zero-order valence-electron chi connectivity index (χ0n) is 12.7. The van der Waals surface area contributed by atoms with Gasteiger partial charge in [0.25, 0.3) is 0 Å². The van der Waals surface area contributed by atoms with E-state index in [9.17, 15) is 0 Å². The molecule has 20 heavy (non-hydrogen) atoms. The third-order valence-corrected chi connectivity index (χ3v) is 4.26. The second kappa shape index (κ2) is 5.74. The molecule has 0 aromatic heterocycles. The Morgan fingerprint density at radius 2 is 2.05 bits per heavy atom. The molecule has 0 atom stereocenters. The highest BCUT2D eigenvalue weighted by atomic mass is 16.5. The van der Waals surface area contributed by atoms with Crippen molar-refractivity contribution in [2.75, 3.05) is 26.2 Å². The predicted molar refractivity (Wildman–Crippen MR) is 82.2 cm³/mol. The van der Waals surface area contributed by atoms with Gasteiger partial charge < -0.3 is 15.0 Å². The molecule has 1 aromatic rings. The van der Waals surface area contributed by atoms with Gasteiger partial charge in [0.2, 0.25) is 0 Å². The molecule has 1 N–H and O–H groups in total. The average Bonchev–Trinajstić information content (AvgIpc) is 2.99. The van der Waals surface area contributed by atoms with Crippen molar-refractivity contribution in [2.24, 2.45) is 0 Å². The van der Waals surface area contributed by atoms with Gasteiger partial charge in [-0.15, -0.1) is 0 Å². The second-order valence-electron chi connectivity index (χ2n) is 6.71. The molecule has 1 aromatic carbocycles. The number of hydrogen-bond donors (Lipinski definition) is 1. The minimum atomic E-state index is -0.0376. The highest BCUT2D eigenvalue weighted by Gasteiger charge is 2.29. The SMILES string of the molecule is CC1(C)Cc2cc(CNCCN3CCCC3)ccc2O1. The molecule has 0 bridgehead atoms. The molecule has 0 aliphatic carbocycles. The maximum atomic E-state index is 5.92. The standard InChI is InChI=1S/C17H26N2O/c1-17(2)12-15-11-14(5-6-16(15)20-17)13-18-7-10-19-8-3-4-9-19/h5-6,11,18H,3-4,7-10,12-13H2,1-2H3. The minimum absolute atomic E-state index is 0.0376. The van der Waals surface area contributed by atoms with Gasteiger partial charge in [-0.05, 0) is 57.0 Å². The third kappa shape index (κ3) is 3.33. The third-order valence-electron chi connectivity index (χ3n) is 4.26. The Balaban J connectivity index is 1.47. The van der Waals surface area contributed by atoms with Crippen molar-refractivity contribution in [3.8, 4) is 5.75 Å². The van der Waals surface area contributed by atoms with Crippen molar-refractivity contribution < 1.29 is 4.74 Å². The highest BCUT2D eigenvalue weighted by molar-refractivity contribution is 5.41. The van der Waals surface area contributed by atoms with Gasteiger partial charge in [0.05, 0.1) is 0 Å². The monoisotopic (exact) mass is 274 g/mol. The van der Waals surface area contributed by atoms with Gasteiger partial charge in [-0.3, -0.25) is 0 Å². The molecule has 2 aliphatic heterocycles. The van der Waals surface area contributed by atoms with Crippen LogP contribution >= 0.6 is 0 Å². The van der Waals surface area contributed by atoms with Crippen LogP contribution in [0.1, 0.15) is 37.8 Å². The van der Waals surface area contributed by atoms with Crippen LogP contribution in [0.25, 0.3) is 0 Å². The Labute approximate surface area is 122 Å². The van der Waals surface area contributed by atoms with Crippen LogP contribution in [0, 0.1) is 0 Å². The molecule has 2 heterocycles. The Morgan fingerprint density at radius 3 is 2.85 bits per heavy atom. The average molecular weight is 274 g/mol. The Morgan fingerprint density at radius 1 is 1.25 bits per heavy atom. The summed E-state index contributed by atoms with van der Waals surface area (Å²) in [5, 5.41) is 3.56. The molecule has 3 heteroatoms. The molecule has 2 aliphatic rings. The number of fused-ring (bicyclic) bond motifs is 1. The number of nitrogens with one attached hydrogen (secondary N) is 1. The molecule has 3 nitrogen and oxygen atoms in total. The molecular weight excluding hydrogens is 248 g/mol. The van der Waals surface area contributed by atoms with E-state index in [-0.39, 0.29) is 5.60 Å². The quantitative estimate of drug-likeness (QED) is 0.835. The molecule has 0 radical (unpaired) electrons. The number of rotatable bonds is 5. The zero-order chi connectivity index (χ0) is 14.0. The van der Waals surface area contributed by atoms with Gasteiger partial charge in [0.1, 0.15) is 11.4 Å². The molecular formula is C17H26N2O. The highest BCUT2D eigenvalue weighted by Crippen LogP contribution is 2.35. The normalized spacial score (nSPS) is 20.9. The van der Waals surface area contributed by atoms with E-state index in [1.54, 1.807) is 0 Å². The van der Waals surface area contributed by atoms with Crippen molar-refractivity contribution in [1.82, 2.24) is 10.2 Å². The number of nitrogens with zero attached hydrogens (tertiary/aromatic N) is 1. The van der Waals surface area contributed by atoms with Crippen molar-refractivity contribution in [3.05, 3.63) is 29.3 Å². The molecule has 3 rings (SSSR count). The van der Waals surface area contributed by atoms with Crippen LogP contribution < -0.4 is 10.1 Å². The Hall–Kier alpha value is -1.06. The summed E-state index contributed by atoms with van der Waals surface area (Å²) in [4.78, 5) is 2.55. The van der Waals surface area contributed by atoms with Crippen LogP contribution in [0.4, 0.5) is 0 Å². The van der Waals surface area contributed by atoms with Crippen molar-refractivity contribution >= 4 is 0 Å². The molecule has 1 saturated heterocycles. The largest absolute Gasteiger partial charge is 0.487 e. The van der Waals surface area contributed by atoms with Crippen molar-refractivity contribution in [1.29, 1.82) is 0 Å². The molecule has 1 fully saturated rings. The molecule has 0 saturated carbocycles. The summed E-state index contributed by atoms with van der Waals surface area (Å²) in [6, 6.07) is 6.61. The fraction of sp³-hybridized carbons (Fsp3) is 0.647. The van der Waals surface area contributed by atoms with Crippen molar-refractivity contribution in [3.63, 3.8) is 0 Å². The summed E-state index contributed by atoms with van der Waals surface area (Å²) in [5.41, 5.74) is 2.68. The summed E-state index contributed by atoms with van der Waals surface area (Å²) in [6.07, 6.45) is 3.77. The van der Waals surface area contributed by atoms with Crippen LogP contribution in [0.15, 0.2) is 18.2 Å². The van der Waals surface area contributed by atoms with Gasteiger partial charge in [0.15, 0.2) is 0 Å². The van der Waals surface area contributed by atoms with E-state index in [1.807, 2.05) is 0 Å². The van der Waals surface area contributed by atoms with E-state index in [2.05, 4.69) is 42.3 Å². The first-order chi connectivity index (χ1) is 9.62. The van der Waals surface area contributed by atoms with Crippen LogP contribution in [0.5, 0.6) is 5.75 Å². The number of likely N-dealkylation sites (tertiary alicyclic amines) is 1. The summed E-state index contributed by atoms with van der Waals surface area (Å²) >= 11 is 0. The first kappa shape index (κ1) is 13.9. The van der Waals surface area contributed by atoms with Crippen LogP contribution in [-0.4, -0.2) is 36.7 Å². The summed E-state index contributed by atoms with van der Waals surface area (Å²) in [6.45, 7) is 10.1. The lowest BCUT2D eigenvalue weighted by Crippen LogP contribution is -2.29. The fourth-order valence-corrected chi connectivity index (χ4v) is 3.25. The molecule has 0 unspecified atom stereocenters. The van der Waals surface area contributed by atoms with E-state index in [0.29, 0.717) is 0 Å². The van der Waals surface area contributed by atoms with E-state index in [1.165, 1.54) is 43.6 Å². The lowest BCUT2D eigenvalue weighted by atomic mass is 10.0. The maximum absolute atomic E-state index is 5.92. The number of benzene rings is 1. The number of ether oxygens (including phenoxy) is 1. The van der Waals surface area contributed by atoms with Crippen molar-refractivity contribution in [2.45, 2.75) is 45.3 Å². The van der Waals surface area contributed by atoms with Crippen LogP contribution in [-0.2, 0) is 13.0 Å². The van der Waals surface area contributed by atoms with Gasteiger partial charge in [-0.1, -0.05) is 12.1 Å². The summed E-state index contributed by atoms with van der Waals surface area (Å²) < 4.78 is 5.92. The van der Waals surface area contributed by atoms with Crippen LogP contribution in [0.3, 0.4) is 0 Å². The van der Waals surface area contributed by atoms with E-state index >= 15 is 0 Å². The molecule has 0 amide bonds. The number of hydrogen-bond acceptors (Lipinski definition) is 3. The lowest BCUT2D eigenvalue weighted by Gasteiger charge is -2.16. The second-order valence-corrected chi connectivity index (χ2v) is 6.71. The van der Waals surface area contributed by atoms with E-state index < -0.39 is 0 Å². The molecule has 110 valence electrons. The predicted octanol–water partition coefficient (Wildman–Crippen LogP) is 2.59. The Kier molecular flexibility index (Phi) is 3.99. The topological polar surface area (TPSA) is 24.5 Å².